The molecule has 0 saturated heterocycles. The van der Waals surface area contributed by atoms with Gasteiger partial charge in [0.15, 0.2) is 0 Å². The zero-order chi connectivity index (χ0) is 11.8. The van der Waals surface area contributed by atoms with Crippen molar-refractivity contribution in [2.24, 2.45) is 0 Å². The van der Waals surface area contributed by atoms with Crippen LogP contribution >= 0.6 is 12.6 Å². The van der Waals surface area contributed by atoms with Crippen LogP contribution in [0.3, 0.4) is 0 Å². The van der Waals surface area contributed by atoms with Crippen LogP contribution in [-0.4, -0.2) is 4.98 Å². The summed E-state index contributed by atoms with van der Waals surface area (Å²) in [7, 11) is 0. The van der Waals surface area contributed by atoms with Gasteiger partial charge in [-0.05, 0) is 42.4 Å². The molecule has 0 aliphatic heterocycles. The number of benzene rings is 1. The third kappa shape index (κ3) is 1.66. The van der Waals surface area contributed by atoms with E-state index < -0.39 is 0 Å². The summed E-state index contributed by atoms with van der Waals surface area (Å²) >= 11 is 4.52. The number of nitrogens with zero attached hydrogens (tertiary/aromatic N) is 1. The number of pyridine rings is 1. The molecule has 0 N–H and O–H groups in total. The van der Waals surface area contributed by atoms with Gasteiger partial charge in [-0.25, -0.2) is 0 Å². The molecule has 0 amide bonds. The van der Waals surface area contributed by atoms with Gasteiger partial charge >= 0.3 is 0 Å². The topological polar surface area (TPSA) is 12.9 Å². The molecule has 1 aliphatic carbocycles. The van der Waals surface area contributed by atoms with E-state index in [1.165, 1.54) is 46.1 Å². The second-order valence-corrected chi connectivity index (χ2v) is 5.01. The van der Waals surface area contributed by atoms with E-state index >= 15 is 0 Å². The first-order valence-corrected chi connectivity index (χ1v) is 7.01. The lowest BCUT2D eigenvalue weighted by Gasteiger charge is -2.12. The standard InChI is InChI=1S/C15H17NS/c1-2-10-5-3-7-12-13(9-17)11-6-4-8-14(11)16-15(10)12/h3,5,7,17H,2,4,6,8-9H2,1H3. The second-order valence-electron chi connectivity index (χ2n) is 4.69. The van der Waals surface area contributed by atoms with E-state index in [0.717, 1.165) is 18.6 Å². The van der Waals surface area contributed by atoms with Gasteiger partial charge in [0.25, 0.3) is 0 Å². The molecule has 3 rings (SSSR count). The van der Waals surface area contributed by atoms with Crippen LogP contribution in [0.15, 0.2) is 18.2 Å². The Morgan fingerprint density at radius 1 is 1.29 bits per heavy atom. The number of para-hydroxylation sites is 1. The summed E-state index contributed by atoms with van der Waals surface area (Å²) in [5.74, 6) is 0.828. The molecule has 1 nitrogen and oxygen atoms in total. The number of hydrogen-bond acceptors (Lipinski definition) is 2. The minimum atomic E-state index is 0.828. The molecule has 88 valence electrons. The Morgan fingerprint density at radius 3 is 2.94 bits per heavy atom. The maximum absolute atomic E-state index is 4.90. The molecule has 2 heteroatoms. The smallest absolute Gasteiger partial charge is 0.0740 e. The molecule has 1 heterocycles. The summed E-state index contributed by atoms with van der Waals surface area (Å²) < 4.78 is 0. The molecule has 2 aromatic rings. The highest BCUT2D eigenvalue weighted by molar-refractivity contribution is 7.79. The maximum Gasteiger partial charge on any atom is 0.0740 e. The summed E-state index contributed by atoms with van der Waals surface area (Å²) in [5.41, 5.74) is 6.78. The molecule has 0 atom stereocenters. The maximum atomic E-state index is 4.90. The van der Waals surface area contributed by atoms with Gasteiger partial charge in [-0.3, -0.25) is 4.98 Å². The predicted octanol–water partition coefficient (Wildman–Crippen LogP) is 3.72. The molecule has 0 fully saturated rings. The molecule has 1 aliphatic rings. The van der Waals surface area contributed by atoms with E-state index in [9.17, 15) is 0 Å². The Bertz CT molecular complexity index is 575. The van der Waals surface area contributed by atoms with Gasteiger partial charge in [-0.2, -0.15) is 12.6 Å². The monoisotopic (exact) mass is 243 g/mol. The first-order chi connectivity index (χ1) is 8.35. The number of thiol groups is 1. The first kappa shape index (κ1) is 11.1. The van der Waals surface area contributed by atoms with E-state index in [2.05, 4.69) is 37.8 Å². The molecule has 0 radical (unpaired) electrons. The first-order valence-electron chi connectivity index (χ1n) is 6.38. The highest BCUT2D eigenvalue weighted by Gasteiger charge is 2.19. The minimum Gasteiger partial charge on any atom is -0.252 e. The van der Waals surface area contributed by atoms with Crippen molar-refractivity contribution in [2.75, 3.05) is 0 Å². The van der Waals surface area contributed by atoms with E-state index in [1.54, 1.807) is 0 Å². The van der Waals surface area contributed by atoms with Crippen molar-refractivity contribution < 1.29 is 0 Å². The van der Waals surface area contributed by atoms with Crippen LogP contribution in [0.5, 0.6) is 0 Å². The van der Waals surface area contributed by atoms with E-state index in [-0.39, 0.29) is 0 Å². The van der Waals surface area contributed by atoms with Gasteiger partial charge in [-0.15, -0.1) is 0 Å². The van der Waals surface area contributed by atoms with E-state index in [4.69, 9.17) is 4.98 Å². The quantitative estimate of drug-likeness (QED) is 0.793. The van der Waals surface area contributed by atoms with Crippen LogP contribution in [0.1, 0.15) is 35.7 Å². The Kier molecular flexibility index (Phi) is 2.83. The average molecular weight is 243 g/mol. The fourth-order valence-electron chi connectivity index (χ4n) is 2.91. The molecule has 0 spiro atoms. The van der Waals surface area contributed by atoms with Gasteiger partial charge in [-0.1, -0.05) is 25.1 Å². The van der Waals surface area contributed by atoms with Crippen molar-refractivity contribution in [3.63, 3.8) is 0 Å². The lowest BCUT2D eigenvalue weighted by molar-refractivity contribution is 0.899. The summed E-state index contributed by atoms with van der Waals surface area (Å²) in [6.07, 6.45) is 4.63. The van der Waals surface area contributed by atoms with Crippen molar-refractivity contribution in [3.05, 3.63) is 40.6 Å². The third-order valence-corrected chi connectivity index (χ3v) is 4.10. The van der Waals surface area contributed by atoms with E-state index in [1.807, 2.05) is 0 Å². The van der Waals surface area contributed by atoms with Crippen molar-refractivity contribution >= 4 is 23.5 Å². The largest absolute Gasteiger partial charge is 0.252 e. The molecule has 1 aromatic heterocycles. The van der Waals surface area contributed by atoms with Crippen LogP contribution in [0.2, 0.25) is 0 Å². The highest BCUT2D eigenvalue weighted by Crippen LogP contribution is 2.32. The second kappa shape index (κ2) is 4.34. The van der Waals surface area contributed by atoms with Crippen LogP contribution in [0.4, 0.5) is 0 Å². The van der Waals surface area contributed by atoms with Gasteiger partial charge in [0.1, 0.15) is 0 Å². The van der Waals surface area contributed by atoms with Gasteiger partial charge in [0.2, 0.25) is 0 Å². The summed E-state index contributed by atoms with van der Waals surface area (Å²) in [4.78, 5) is 4.90. The zero-order valence-electron chi connectivity index (χ0n) is 10.2. The third-order valence-electron chi connectivity index (χ3n) is 3.78. The van der Waals surface area contributed by atoms with Gasteiger partial charge in [0.05, 0.1) is 5.52 Å². The number of aromatic nitrogens is 1. The Morgan fingerprint density at radius 2 is 2.18 bits per heavy atom. The number of hydrogen-bond donors (Lipinski definition) is 1. The molecule has 0 bridgehead atoms. The Balaban J connectivity index is 2.40. The predicted molar refractivity (Wildman–Crippen MR) is 75.8 cm³/mol. The molecule has 1 aromatic carbocycles. The van der Waals surface area contributed by atoms with Crippen molar-refractivity contribution in [1.82, 2.24) is 4.98 Å². The Labute approximate surface area is 108 Å². The van der Waals surface area contributed by atoms with E-state index in [0.29, 0.717) is 0 Å². The average Bonchev–Trinajstić information content (AvgIpc) is 2.82. The fourth-order valence-corrected chi connectivity index (χ4v) is 3.27. The number of aryl methyl sites for hydroxylation is 2. The zero-order valence-corrected chi connectivity index (χ0v) is 11.1. The van der Waals surface area contributed by atoms with Crippen LogP contribution < -0.4 is 0 Å². The van der Waals surface area contributed by atoms with Gasteiger partial charge in [0, 0.05) is 16.8 Å². The SMILES string of the molecule is CCc1cccc2c(CS)c3c(nc12)CCC3. The van der Waals surface area contributed by atoms with Crippen molar-refractivity contribution in [2.45, 2.75) is 38.4 Å². The molecule has 0 saturated carbocycles. The fraction of sp³-hybridized carbons (Fsp3) is 0.400. The Hall–Kier alpha value is -1.02. The van der Waals surface area contributed by atoms with Crippen molar-refractivity contribution in [1.29, 1.82) is 0 Å². The number of fused-ring (bicyclic) bond motifs is 2. The lowest BCUT2D eigenvalue weighted by atomic mass is 9.99. The highest BCUT2D eigenvalue weighted by atomic mass is 32.1. The summed E-state index contributed by atoms with van der Waals surface area (Å²) in [6.45, 7) is 2.20. The minimum absolute atomic E-state index is 0.828. The normalized spacial score (nSPS) is 14.2. The summed E-state index contributed by atoms with van der Waals surface area (Å²) in [6, 6.07) is 6.54. The van der Waals surface area contributed by atoms with Gasteiger partial charge < -0.3 is 0 Å². The van der Waals surface area contributed by atoms with Crippen LogP contribution in [-0.2, 0) is 25.0 Å². The molecule has 17 heavy (non-hydrogen) atoms. The molecular formula is C15H17NS. The lowest BCUT2D eigenvalue weighted by Crippen LogP contribution is -1.99. The molecule has 0 unspecified atom stereocenters. The van der Waals surface area contributed by atoms with Crippen LogP contribution in [0.25, 0.3) is 10.9 Å². The number of rotatable bonds is 2. The van der Waals surface area contributed by atoms with Crippen LogP contribution in [0, 0.1) is 0 Å². The van der Waals surface area contributed by atoms with Crippen molar-refractivity contribution in [3.8, 4) is 0 Å². The molecular weight excluding hydrogens is 226 g/mol. The summed E-state index contributed by atoms with van der Waals surface area (Å²) in [5, 5.41) is 1.32.